The van der Waals surface area contributed by atoms with Gasteiger partial charge in [-0.15, -0.1) is 17.0 Å². The standard InChI is InChI=1S/C9H19N3.BrH/c1-8(2,3)12-7(10)11-6-9(12,4)5;/h6H2,1-5H3,(H2,10,11);1H. The van der Waals surface area contributed by atoms with Gasteiger partial charge < -0.3 is 10.2 Å². The van der Waals surface area contributed by atoms with Crippen molar-refractivity contribution in [2.24, 2.45) is 0 Å². The molecule has 0 amide bonds. The fourth-order valence-electron chi connectivity index (χ4n) is 2.00. The molecule has 0 aromatic carbocycles. The summed E-state index contributed by atoms with van der Waals surface area (Å²) >= 11 is 0. The molecule has 0 aromatic rings. The molecule has 2 N–H and O–H groups in total. The maximum absolute atomic E-state index is 7.73. The Bertz CT molecular complexity index is 205. The average Bonchev–Trinajstić information content (AvgIpc) is 2.03. The van der Waals surface area contributed by atoms with Crippen LogP contribution in [0.25, 0.3) is 0 Å². The van der Waals surface area contributed by atoms with E-state index in [9.17, 15) is 0 Å². The van der Waals surface area contributed by atoms with E-state index in [0.29, 0.717) is 5.96 Å². The van der Waals surface area contributed by atoms with Crippen LogP contribution in [-0.4, -0.2) is 28.5 Å². The zero-order chi connectivity index (χ0) is 9.57. The van der Waals surface area contributed by atoms with Crippen LogP contribution in [0.2, 0.25) is 0 Å². The maximum Gasteiger partial charge on any atom is 0.192 e. The average molecular weight is 250 g/mol. The molecule has 13 heavy (non-hydrogen) atoms. The van der Waals surface area contributed by atoms with Gasteiger partial charge in [-0.2, -0.15) is 0 Å². The van der Waals surface area contributed by atoms with E-state index in [4.69, 9.17) is 5.41 Å². The highest BCUT2D eigenvalue weighted by molar-refractivity contribution is 8.93. The monoisotopic (exact) mass is 249 g/mol. The molecule has 1 rings (SSSR count). The molecule has 0 radical (unpaired) electrons. The summed E-state index contributed by atoms with van der Waals surface area (Å²) in [4.78, 5) is 2.12. The van der Waals surface area contributed by atoms with Gasteiger partial charge in [0.15, 0.2) is 5.96 Å². The fourth-order valence-corrected chi connectivity index (χ4v) is 2.00. The van der Waals surface area contributed by atoms with E-state index in [1.807, 2.05) is 0 Å². The van der Waals surface area contributed by atoms with E-state index in [1.165, 1.54) is 0 Å². The van der Waals surface area contributed by atoms with Crippen LogP contribution in [-0.2, 0) is 0 Å². The molecular weight excluding hydrogens is 230 g/mol. The highest BCUT2D eigenvalue weighted by atomic mass is 79.9. The van der Waals surface area contributed by atoms with Crippen LogP contribution >= 0.6 is 17.0 Å². The first kappa shape index (κ1) is 12.8. The SMILES string of the molecule is Br.CC(C)(C)N1C(=N)NCC1(C)C. The molecule has 1 heterocycles. The molecule has 1 fully saturated rings. The van der Waals surface area contributed by atoms with Gasteiger partial charge in [0.25, 0.3) is 0 Å². The minimum absolute atomic E-state index is 0. The number of hydrogen-bond donors (Lipinski definition) is 2. The molecule has 1 aliphatic rings. The van der Waals surface area contributed by atoms with Gasteiger partial charge in [-0.3, -0.25) is 5.41 Å². The predicted octanol–water partition coefficient (Wildman–Crippen LogP) is 1.98. The van der Waals surface area contributed by atoms with Gasteiger partial charge in [0.1, 0.15) is 0 Å². The Morgan fingerprint density at radius 2 is 1.85 bits per heavy atom. The van der Waals surface area contributed by atoms with Crippen molar-refractivity contribution >= 4 is 22.9 Å². The second-order valence-corrected chi connectivity index (χ2v) is 5.02. The topological polar surface area (TPSA) is 39.1 Å². The van der Waals surface area contributed by atoms with Gasteiger partial charge in [-0.25, -0.2) is 0 Å². The Morgan fingerprint density at radius 1 is 1.38 bits per heavy atom. The summed E-state index contributed by atoms with van der Waals surface area (Å²) in [5.74, 6) is 0.549. The van der Waals surface area contributed by atoms with Crippen molar-refractivity contribution in [3.63, 3.8) is 0 Å². The third-order valence-electron chi connectivity index (χ3n) is 2.19. The van der Waals surface area contributed by atoms with Crippen molar-refractivity contribution in [1.29, 1.82) is 5.41 Å². The minimum Gasteiger partial charge on any atom is -0.354 e. The normalized spacial score (nSPS) is 21.0. The van der Waals surface area contributed by atoms with Crippen molar-refractivity contribution in [2.75, 3.05) is 6.54 Å². The predicted molar refractivity (Wildman–Crippen MR) is 61.7 cm³/mol. The lowest BCUT2D eigenvalue weighted by molar-refractivity contribution is 0.137. The summed E-state index contributed by atoms with van der Waals surface area (Å²) in [5, 5.41) is 10.8. The van der Waals surface area contributed by atoms with E-state index in [-0.39, 0.29) is 28.1 Å². The van der Waals surface area contributed by atoms with Crippen molar-refractivity contribution in [1.82, 2.24) is 10.2 Å². The first-order valence-electron chi connectivity index (χ1n) is 4.38. The van der Waals surface area contributed by atoms with Crippen LogP contribution in [0, 0.1) is 5.41 Å². The maximum atomic E-state index is 7.73. The Balaban J connectivity index is 0.00000144. The van der Waals surface area contributed by atoms with Gasteiger partial charge in [0.2, 0.25) is 0 Å². The Morgan fingerprint density at radius 3 is 2.00 bits per heavy atom. The summed E-state index contributed by atoms with van der Waals surface area (Å²) in [6, 6.07) is 0. The molecule has 3 nitrogen and oxygen atoms in total. The highest BCUT2D eigenvalue weighted by Gasteiger charge is 2.41. The van der Waals surface area contributed by atoms with Crippen LogP contribution < -0.4 is 5.32 Å². The van der Waals surface area contributed by atoms with Crippen molar-refractivity contribution < 1.29 is 0 Å². The third kappa shape index (κ3) is 2.36. The zero-order valence-electron chi connectivity index (χ0n) is 9.06. The van der Waals surface area contributed by atoms with Gasteiger partial charge in [-0.1, -0.05) is 0 Å². The first-order valence-corrected chi connectivity index (χ1v) is 4.38. The van der Waals surface area contributed by atoms with Crippen LogP contribution in [0.1, 0.15) is 34.6 Å². The molecule has 0 unspecified atom stereocenters. The number of halogens is 1. The number of hydrogen-bond acceptors (Lipinski definition) is 1. The number of rotatable bonds is 0. The zero-order valence-corrected chi connectivity index (χ0v) is 10.8. The lowest BCUT2D eigenvalue weighted by Crippen LogP contribution is -2.53. The summed E-state index contributed by atoms with van der Waals surface area (Å²) in [7, 11) is 0. The van der Waals surface area contributed by atoms with Crippen LogP contribution in [0.5, 0.6) is 0 Å². The lowest BCUT2D eigenvalue weighted by atomic mass is 9.97. The molecule has 4 heteroatoms. The summed E-state index contributed by atoms with van der Waals surface area (Å²) < 4.78 is 0. The van der Waals surface area contributed by atoms with Gasteiger partial charge in [-0.05, 0) is 34.6 Å². The Hall–Kier alpha value is -0.250. The van der Waals surface area contributed by atoms with Crippen molar-refractivity contribution in [3.8, 4) is 0 Å². The molecule has 78 valence electrons. The Labute approximate surface area is 91.2 Å². The molecule has 0 saturated carbocycles. The Kier molecular flexibility index (Phi) is 3.41. The van der Waals surface area contributed by atoms with E-state index >= 15 is 0 Å². The minimum atomic E-state index is 0. The second-order valence-electron chi connectivity index (χ2n) is 5.02. The third-order valence-corrected chi connectivity index (χ3v) is 2.19. The largest absolute Gasteiger partial charge is 0.354 e. The first-order chi connectivity index (χ1) is 5.25. The lowest BCUT2D eigenvalue weighted by Gasteiger charge is -2.42. The van der Waals surface area contributed by atoms with E-state index in [1.54, 1.807) is 0 Å². The molecule has 0 atom stereocenters. The number of nitrogens with one attached hydrogen (secondary N) is 2. The van der Waals surface area contributed by atoms with Crippen molar-refractivity contribution in [3.05, 3.63) is 0 Å². The van der Waals surface area contributed by atoms with E-state index in [0.717, 1.165) is 6.54 Å². The van der Waals surface area contributed by atoms with Gasteiger partial charge in [0, 0.05) is 12.1 Å². The fraction of sp³-hybridized carbons (Fsp3) is 0.889. The van der Waals surface area contributed by atoms with Gasteiger partial charge in [0.05, 0.1) is 5.54 Å². The van der Waals surface area contributed by atoms with Crippen LogP contribution in [0.15, 0.2) is 0 Å². The number of nitrogens with zero attached hydrogens (tertiary/aromatic N) is 1. The summed E-state index contributed by atoms with van der Waals surface area (Å²) in [6.07, 6.45) is 0. The van der Waals surface area contributed by atoms with Crippen LogP contribution in [0.4, 0.5) is 0 Å². The van der Waals surface area contributed by atoms with E-state index in [2.05, 4.69) is 44.8 Å². The van der Waals surface area contributed by atoms with E-state index < -0.39 is 0 Å². The molecule has 0 bridgehead atoms. The quantitative estimate of drug-likeness (QED) is 0.690. The molecule has 1 saturated heterocycles. The molecule has 1 aliphatic heterocycles. The van der Waals surface area contributed by atoms with Gasteiger partial charge >= 0.3 is 0 Å². The highest BCUT2D eigenvalue weighted by Crippen LogP contribution is 2.27. The number of guanidine groups is 1. The van der Waals surface area contributed by atoms with Crippen LogP contribution in [0.3, 0.4) is 0 Å². The summed E-state index contributed by atoms with van der Waals surface area (Å²) in [6.45, 7) is 11.6. The molecule has 0 spiro atoms. The molecule has 0 aromatic heterocycles. The molecular formula is C9H20BrN3. The summed E-state index contributed by atoms with van der Waals surface area (Å²) in [5.41, 5.74) is 0.0966. The second kappa shape index (κ2) is 3.48. The molecule has 0 aliphatic carbocycles. The smallest absolute Gasteiger partial charge is 0.192 e. The van der Waals surface area contributed by atoms with Crippen molar-refractivity contribution in [2.45, 2.75) is 45.7 Å².